The van der Waals surface area contributed by atoms with Gasteiger partial charge in [0.15, 0.2) is 0 Å². The van der Waals surface area contributed by atoms with E-state index in [1.54, 1.807) is 6.07 Å². The first-order chi connectivity index (χ1) is 6.08. The third-order valence-corrected chi connectivity index (χ3v) is 2.48. The molecule has 0 fully saturated rings. The molecule has 0 saturated carbocycles. The molecule has 1 aromatic rings. The zero-order valence-corrected chi connectivity index (χ0v) is 8.60. The molecule has 72 valence electrons. The summed E-state index contributed by atoms with van der Waals surface area (Å²) in [5, 5.41) is 0. The van der Waals surface area contributed by atoms with Crippen LogP contribution in [0.25, 0.3) is 0 Å². The van der Waals surface area contributed by atoms with Gasteiger partial charge in [0.1, 0.15) is 5.82 Å². The predicted octanol–water partition coefficient (Wildman–Crippen LogP) is 3.90. The van der Waals surface area contributed by atoms with Gasteiger partial charge in [-0.1, -0.05) is 45.4 Å². The van der Waals surface area contributed by atoms with E-state index in [4.69, 9.17) is 0 Å². The van der Waals surface area contributed by atoms with E-state index in [2.05, 4.69) is 20.8 Å². The summed E-state index contributed by atoms with van der Waals surface area (Å²) in [6.07, 6.45) is 2.11. The number of halogens is 1. The highest BCUT2D eigenvalue weighted by atomic mass is 19.1. The zero-order chi connectivity index (χ0) is 9.90. The van der Waals surface area contributed by atoms with Gasteiger partial charge in [-0.15, -0.1) is 0 Å². The number of hydrogen-bond acceptors (Lipinski definition) is 0. The maximum Gasteiger partial charge on any atom is 0.126 e. The van der Waals surface area contributed by atoms with Crippen molar-refractivity contribution in [1.29, 1.82) is 0 Å². The van der Waals surface area contributed by atoms with E-state index in [-0.39, 0.29) is 11.2 Å². The van der Waals surface area contributed by atoms with Crippen LogP contribution in [0.1, 0.15) is 39.2 Å². The molecule has 0 spiro atoms. The molecular weight excluding hydrogens is 163 g/mol. The minimum atomic E-state index is -0.0825. The van der Waals surface area contributed by atoms with Gasteiger partial charge in [-0.3, -0.25) is 0 Å². The van der Waals surface area contributed by atoms with Crippen molar-refractivity contribution < 1.29 is 4.39 Å². The quantitative estimate of drug-likeness (QED) is 0.661. The van der Waals surface area contributed by atoms with Gasteiger partial charge in [-0.25, -0.2) is 4.39 Å². The SMILES string of the molecule is CCCC(C)(C)c1ccccc1F. The highest BCUT2D eigenvalue weighted by Crippen LogP contribution is 2.29. The molecule has 0 amide bonds. The maximum absolute atomic E-state index is 13.4. The number of hydrogen-bond donors (Lipinski definition) is 0. The van der Waals surface area contributed by atoms with Crippen LogP contribution in [0.2, 0.25) is 0 Å². The van der Waals surface area contributed by atoms with Gasteiger partial charge in [0, 0.05) is 0 Å². The Morgan fingerprint density at radius 3 is 2.38 bits per heavy atom. The van der Waals surface area contributed by atoms with Crippen molar-refractivity contribution >= 4 is 0 Å². The van der Waals surface area contributed by atoms with Crippen LogP contribution in [-0.4, -0.2) is 0 Å². The second-order valence-corrected chi connectivity index (χ2v) is 4.11. The minimum absolute atomic E-state index is 0.0416. The summed E-state index contributed by atoms with van der Waals surface area (Å²) in [4.78, 5) is 0. The van der Waals surface area contributed by atoms with Crippen molar-refractivity contribution in [2.75, 3.05) is 0 Å². The second kappa shape index (κ2) is 3.91. The van der Waals surface area contributed by atoms with E-state index in [9.17, 15) is 4.39 Å². The van der Waals surface area contributed by atoms with Crippen molar-refractivity contribution in [1.82, 2.24) is 0 Å². The molecule has 0 aliphatic carbocycles. The van der Waals surface area contributed by atoms with Gasteiger partial charge in [0.25, 0.3) is 0 Å². The molecule has 1 aromatic carbocycles. The molecule has 0 saturated heterocycles. The highest BCUT2D eigenvalue weighted by molar-refractivity contribution is 5.25. The van der Waals surface area contributed by atoms with Gasteiger partial charge in [0.2, 0.25) is 0 Å². The molecule has 0 atom stereocenters. The Morgan fingerprint density at radius 1 is 1.23 bits per heavy atom. The summed E-state index contributed by atoms with van der Waals surface area (Å²) in [7, 11) is 0. The average Bonchev–Trinajstić information content (AvgIpc) is 2.04. The largest absolute Gasteiger partial charge is 0.207 e. The molecular formula is C12H17F. The van der Waals surface area contributed by atoms with E-state index in [1.165, 1.54) is 6.07 Å². The minimum Gasteiger partial charge on any atom is -0.207 e. The van der Waals surface area contributed by atoms with Crippen molar-refractivity contribution in [3.05, 3.63) is 35.6 Å². The Balaban J connectivity index is 2.99. The summed E-state index contributed by atoms with van der Waals surface area (Å²) >= 11 is 0. The lowest BCUT2D eigenvalue weighted by atomic mass is 9.80. The first-order valence-electron chi connectivity index (χ1n) is 4.83. The Labute approximate surface area is 79.8 Å². The smallest absolute Gasteiger partial charge is 0.126 e. The normalized spacial score (nSPS) is 11.7. The van der Waals surface area contributed by atoms with E-state index >= 15 is 0 Å². The predicted molar refractivity (Wildman–Crippen MR) is 54.3 cm³/mol. The fourth-order valence-electron chi connectivity index (χ4n) is 1.77. The van der Waals surface area contributed by atoms with Crippen LogP contribution in [0.5, 0.6) is 0 Å². The number of rotatable bonds is 3. The van der Waals surface area contributed by atoms with Crippen LogP contribution < -0.4 is 0 Å². The lowest BCUT2D eigenvalue weighted by Gasteiger charge is -2.24. The average molecular weight is 180 g/mol. The Morgan fingerprint density at radius 2 is 1.85 bits per heavy atom. The van der Waals surface area contributed by atoms with Crippen LogP contribution in [0.3, 0.4) is 0 Å². The molecule has 0 unspecified atom stereocenters. The standard InChI is InChI=1S/C12H17F/c1-4-9-12(2,3)10-7-5-6-8-11(10)13/h5-8H,4,9H2,1-3H3. The van der Waals surface area contributed by atoms with E-state index in [0.29, 0.717) is 0 Å². The summed E-state index contributed by atoms with van der Waals surface area (Å²) in [5.74, 6) is -0.0825. The van der Waals surface area contributed by atoms with Gasteiger partial charge in [-0.05, 0) is 23.5 Å². The third kappa shape index (κ3) is 2.30. The molecule has 0 N–H and O–H groups in total. The van der Waals surface area contributed by atoms with E-state index < -0.39 is 0 Å². The van der Waals surface area contributed by atoms with Crippen LogP contribution in [0.15, 0.2) is 24.3 Å². The third-order valence-electron chi connectivity index (χ3n) is 2.48. The second-order valence-electron chi connectivity index (χ2n) is 4.11. The monoisotopic (exact) mass is 180 g/mol. The zero-order valence-electron chi connectivity index (χ0n) is 8.60. The van der Waals surface area contributed by atoms with Gasteiger partial charge >= 0.3 is 0 Å². The highest BCUT2D eigenvalue weighted by Gasteiger charge is 2.22. The molecule has 1 rings (SSSR count). The van der Waals surface area contributed by atoms with Crippen molar-refractivity contribution in [2.45, 2.75) is 39.0 Å². The molecule has 0 nitrogen and oxygen atoms in total. The number of benzene rings is 1. The molecule has 13 heavy (non-hydrogen) atoms. The molecule has 0 bridgehead atoms. The van der Waals surface area contributed by atoms with Crippen molar-refractivity contribution in [2.24, 2.45) is 0 Å². The molecule has 0 heterocycles. The Kier molecular flexibility index (Phi) is 3.07. The Hall–Kier alpha value is -0.850. The fraction of sp³-hybridized carbons (Fsp3) is 0.500. The summed E-state index contributed by atoms with van der Waals surface area (Å²) in [6, 6.07) is 7.05. The summed E-state index contributed by atoms with van der Waals surface area (Å²) in [6.45, 7) is 6.31. The summed E-state index contributed by atoms with van der Waals surface area (Å²) in [5.41, 5.74) is 0.789. The van der Waals surface area contributed by atoms with E-state index in [1.807, 2.05) is 12.1 Å². The molecule has 0 radical (unpaired) electrons. The molecule has 1 heteroatoms. The first-order valence-corrected chi connectivity index (χ1v) is 4.83. The lowest BCUT2D eigenvalue weighted by molar-refractivity contribution is 0.445. The maximum atomic E-state index is 13.4. The fourth-order valence-corrected chi connectivity index (χ4v) is 1.77. The van der Waals surface area contributed by atoms with Gasteiger partial charge in [0.05, 0.1) is 0 Å². The van der Waals surface area contributed by atoms with Crippen LogP contribution in [-0.2, 0) is 5.41 Å². The van der Waals surface area contributed by atoms with Crippen molar-refractivity contribution in [3.8, 4) is 0 Å². The van der Waals surface area contributed by atoms with Crippen LogP contribution >= 0.6 is 0 Å². The molecule has 0 aliphatic rings. The molecule has 0 aromatic heterocycles. The van der Waals surface area contributed by atoms with Crippen LogP contribution in [0, 0.1) is 5.82 Å². The first kappa shape index (κ1) is 10.2. The van der Waals surface area contributed by atoms with Gasteiger partial charge in [-0.2, -0.15) is 0 Å². The Bertz CT molecular complexity index is 276. The van der Waals surface area contributed by atoms with E-state index in [0.717, 1.165) is 18.4 Å². The van der Waals surface area contributed by atoms with Crippen LogP contribution in [0.4, 0.5) is 4.39 Å². The topological polar surface area (TPSA) is 0 Å². The molecule has 0 aliphatic heterocycles. The lowest BCUT2D eigenvalue weighted by Crippen LogP contribution is -2.18. The summed E-state index contributed by atoms with van der Waals surface area (Å²) < 4.78 is 13.4. The van der Waals surface area contributed by atoms with Crippen molar-refractivity contribution in [3.63, 3.8) is 0 Å². The van der Waals surface area contributed by atoms with Gasteiger partial charge < -0.3 is 0 Å².